The van der Waals surface area contributed by atoms with Crippen LogP contribution in [0.4, 0.5) is 0 Å². The number of carbonyl (C=O) groups excluding carboxylic acids is 2. The highest BCUT2D eigenvalue weighted by Crippen LogP contribution is 2.27. The molecule has 0 radical (unpaired) electrons. The number of amides is 2. The molecule has 2 saturated heterocycles. The Morgan fingerprint density at radius 2 is 1.46 bits per heavy atom. The van der Waals surface area contributed by atoms with Gasteiger partial charge in [0.2, 0.25) is 0 Å². The van der Waals surface area contributed by atoms with Gasteiger partial charge in [0.05, 0.1) is 46.7 Å². The molecule has 1 atom stereocenters. The quantitative estimate of drug-likeness (QED) is 0.530. The van der Waals surface area contributed by atoms with E-state index in [1.54, 1.807) is 64.8 Å². The minimum atomic E-state index is -0.103. The molecular formula is C27H35N3O7. The predicted octanol–water partition coefficient (Wildman–Crippen LogP) is 2.02. The lowest BCUT2D eigenvalue weighted by Crippen LogP contribution is -2.54. The Morgan fingerprint density at radius 3 is 2.08 bits per heavy atom. The van der Waals surface area contributed by atoms with Crippen LogP contribution in [0.2, 0.25) is 0 Å². The molecule has 2 fully saturated rings. The Kier molecular flexibility index (Phi) is 8.73. The second kappa shape index (κ2) is 12.2. The Hall–Kier alpha value is -3.50. The summed E-state index contributed by atoms with van der Waals surface area (Å²) in [6, 6.07) is 10.4. The second-order valence-electron chi connectivity index (χ2n) is 9.00. The van der Waals surface area contributed by atoms with Crippen LogP contribution in [-0.4, -0.2) is 113 Å². The SMILES string of the molecule is COc1cc(OC)cc(C(=O)N2CCOC(CN3CCN(C(=O)c4ccc(OC)cc4OC)CC3)C2)c1. The smallest absolute Gasteiger partial charge is 0.257 e. The fourth-order valence-electron chi connectivity index (χ4n) is 4.69. The van der Waals surface area contributed by atoms with Crippen molar-refractivity contribution in [2.45, 2.75) is 6.10 Å². The molecule has 37 heavy (non-hydrogen) atoms. The number of hydrogen-bond donors (Lipinski definition) is 0. The van der Waals surface area contributed by atoms with E-state index >= 15 is 0 Å². The molecule has 2 aliphatic heterocycles. The van der Waals surface area contributed by atoms with Gasteiger partial charge in [-0.1, -0.05) is 0 Å². The minimum absolute atomic E-state index is 0.0569. The molecule has 10 heteroatoms. The van der Waals surface area contributed by atoms with Crippen molar-refractivity contribution < 1.29 is 33.3 Å². The number of methoxy groups -OCH3 is 4. The summed E-state index contributed by atoms with van der Waals surface area (Å²) in [5.41, 5.74) is 1.05. The van der Waals surface area contributed by atoms with Crippen molar-refractivity contribution in [1.82, 2.24) is 14.7 Å². The van der Waals surface area contributed by atoms with Gasteiger partial charge in [0.15, 0.2) is 0 Å². The van der Waals surface area contributed by atoms with Crippen LogP contribution < -0.4 is 18.9 Å². The van der Waals surface area contributed by atoms with Crippen LogP contribution >= 0.6 is 0 Å². The summed E-state index contributed by atoms with van der Waals surface area (Å²) in [4.78, 5) is 32.3. The summed E-state index contributed by atoms with van der Waals surface area (Å²) >= 11 is 0. The lowest BCUT2D eigenvalue weighted by molar-refractivity contribution is -0.0400. The Labute approximate surface area is 217 Å². The number of hydrogen-bond acceptors (Lipinski definition) is 8. The molecule has 1 unspecified atom stereocenters. The molecule has 2 amide bonds. The zero-order chi connectivity index (χ0) is 26.4. The normalized spacial score (nSPS) is 18.3. The molecule has 2 aromatic carbocycles. The zero-order valence-corrected chi connectivity index (χ0v) is 21.9. The van der Waals surface area contributed by atoms with E-state index in [0.29, 0.717) is 73.5 Å². The van der Waals surface area contributed by atoms with E-state index in [0.717, 1.165) is 13.1 Å². The number of benzene rings is 2. The topological polar surface area (TPSA) is 90.0 Å². The maximum absolute atomic E-state index is 13.2. The van der Waals surface area contributed by atoms with Gasteiger partial charge in [-0.15, -0.1) is 0 Å². The number of morpholine rings is 1. The molecule has 2 aliphatic rings. The zero-order valence-electron chi connectivity index (χ0n) is 21.9. The van der Waals surface area contributed by atoms with Crippen LogP contribution in [0.1, 0.15) is 20.7 Å². The van der Waals surface area contributed by atoms with Gasteiger partial charge < -0.3 is 33.5 Å². The van der Waals surface area contributed by atoms with Crippen LogP contribution in [0, 0.1) is 0 Å². The maximum Gasteiger partial charge on any atom is 0.257 e. The van der Waals surface area contributed by atoms with Crippen LogP contribution in [0.25, 0.3) is 0 Å². The van der Waals surface area contributed by atoms with Crippen molar-refractivity contribution in [3.05, 3.63) is 47.5 Å². The first-order valence-corrected chi connectivity index (χ1v) is 12.3. The molecule has 2 aromatic rings. The number of ether oxygens (including phenoxy) is 5. The van der Waals surface area contributed by atoms with Gasteiger partial charge in [-0.2, -0.15) is 0 Å². The molecule has 0 aromatic heterocycles. The molecule has 0 bridgehead atoms. The van der Waals surface area contributed by atoms with Crippen LogP contribution in [-0.2, 0) is 4.74 Å². The third kappa shape index (κ3) is 6.26. The molecule has 2 heterocycles. The van der Waals surface area contributed by atoms with Crippen molar-refractivity contribution in [3.63, 3.8) is 0 Å². The van der Waals surface area contributed by atoms with Crippen molar-refractivity contribution in [1.29, 1.82) is 0 Å². The Morgan fingerprint density at radius 1 is 0.784 bits per heavy atom. The van der Waals surface area contributed by atoms with Crippen LogP contribution in [0.15, 0.2) is 36.4 Å². The van der Waals surface area contributed by atoms with Crippen molar-refractivity contribution in [2.75, 3.05) is 80.9 Å². The summed E-state index contributed by atoms with van der Waals surface area (Å²) in [7, 11) is 6.26. The standard InChI is InChI=1S/C27H35N3O7/c1-33-20-5-6-24(25(16-20)36-4)27(32)29-9-7-28(8-10-29)17-23-18-30(11-12-37-23)26(31)19-13-21(34-2)15-22(14-19)35-3/h5-6,13-16,23H,7-12,17-18H2,1-4H3. The Bertz CT molecular complexity index is 1080. The van der Waals surface area contributed by atoms with Crippen molar-refractivity contribution in [3.8, 4) is 23.0 Å². The van der Waals surface area contributed by atoms with E-state index in [1.165, 1.54) is 0 Å². The molecule has 0 spiro atoms. The van der Waals surface area contributed by atoms with Gasteiger partial charge in [0.25, 0.3) is 11.8 Å². The number of piperazine rings is 1. The average Bonchev–Trinajstić information content (AvgIpc) is 2.96. The number of rotatable bonds is 8. The highest BCUT2D eigenvalue weighted by Gasteiger charge is 2.30. The first-order chi connectivity index (χ1) is 17.9. The fraction of sp³-hybridized carbons (Fsp3) is 0.481. The van der Waals surface area contributed by atoms with Gasteiger partial charge >= 0.3 is 0 Å². The van der Waals surface area contributed by atoms with E-state index < -0.39 is 0 Å². The summed E-state index contributed by atoms with van der Waals surface area (Å²) < 4.78 is 27.3. The molecule has 0 saturated carbocycles. The first-order valence-electron chi connectivity index (χ1n) is 12.3. The maximum atomic E-state index is 13.2. The van der Waals surface area contributed by atoms with E-state index in [-0.39, 0.29) is 17.9 Å². The summed E-state index contributed by atoms with van der Waals surface area (Å²) in [5, 5.41) is 0. The highest BCUT2D eigenvalue weighted by molar-refractivity contribution is 5.97. The number of nitrogens with zero attached hydrogens (tertiary/aromatic N) is 3. The van der Waals surface area contributed by atoms with Gasteiger partial charge in [0, 0.05) is 63.5 Å². The number of carbonyl (C=O) groups is 2. The monoisotopic (exact) mass is 513 g/mol. The third-order valence-corrected chi connectivity index (χ3v) is 6.78. The summed E-state index contributed by atoms with van der Waals surface area (Å²) in [5.74, 6) is 2.16. The largest absolute Gasteiger partial charge is 0.497 e. The van der Waals surface area contributed by atoms with Crippen LogP contribution in [0.5, 0.6) is 23.0 Å². The lowest BCUT2D eigenvalue weighted by Gasteiger charge is -2.39. The molecule has 10 nitrogen and oxygen atoms in total. The Balaban J connectivity index is 1.32. The fourth-order valence-corrected chi connectivity index (χ4v) is 4.69. The molecule has 4 rings (SSSR count). The van der Waals surface area contributed by atoms with Crippen molar-refractivity contribution in [2.24, 2.45) is 0 Å². The minimum Gasteiger partial charge on any atom is -0.497 e. The van der Waals surface area contributed by atoms with Gasteiger partial charge in [-0.25, -0.2) is 0 Å². The van der Waals surface area contributed by atoms with Gasteiger partial charge in [-0.3, -0.25) is 14.5 Å². The van der Waals surface area contributed by atoms with E-state index in [4.69, 9.17) is 23.7 Å². The van der Waals surface area contributed by atoms with Gasteiger partial charge in [-0.05, 0) is 24.3 Å². The van der Waals surface area contributed by atoms with E-state index in [1.807, 2.05) is 9.80 Å². The molecule has 200 valence electrons. The lowest BCUT2D eigenvalue weighted by atomic mass is 10.1. The second-order valence-corrected chi connectivity index (χ2v) is 9.00. The van der Waals surface area contributed by atoms with Gasteiger partial charge in [0.1, 0.15) is 23.0 Å². The molecule has 0 aliphatic carbocycles. The first kappa shape index (κ1) is 26.6. The van der Waals surface area contributed by atoms with Crippen LogP contribution in [0.3, 0.4) is 0 Å². The summed E-state index contributed by atoms with van der Waals surface area (Å²) in [6.45, 7) is 4.86. The van der Waals surface area contributed by atoms with E-state index in [9.17, 15) is 9.59 Å². The van der Waals surface area contributed by atoms with Crippen molar-refractivity contribution >= 4 is 11.8 Å². The average molecular weight is 514 g/mol. The molecular weight excluding hydrogens is 478 g/mol. The van der Waals surface area contributed by atoms with E-state index in [2.05, 4.69) is 4.90 Å². The molecule has 0 N–H and O–H groups in total. The predicted molar refractivity (Wildman–Crippen MR) is 137 cm³/mol. The summed E-state index contributed by atoms with van der Waals surface area (Å²) in [6.07, 6.45) is -0.103. The third-order valence-electron chi connectivity index (χ3n) is 6.78. The highest BCUT2D eigenvalue weighted by atomic mass is 16.5.